The monoisotopic (exact) mass is 497 g/mol. The molecule has 4 aromatic rings. The number of anilines is 1. The fourth-order valence-corrected chi connectivity index (χ4v) is 6.57. The number of rotatable bonds is 7. The number of hydrogen-bond acceptors (Lipinski definition) is 8. The molecule has 0 aliphatic heterocycles. The van der Waals surface area contributed by atoms with Crippen molar-refractivity contribution in [2.45, 2.75) is 44.7 Å². The highest BCUT2D eigenvalue weighted by Crippen LogP contribution is 2.39. The van der Waals surface area contributed by atoms with E-state index in [-0.39, 0.29) is 11.7 Å². The molecule has 1 amide bonds. The molecule has 178 valence electrons. The molecule has 1 N–H and O–H groups in total. The standard InChI is InChI=1S/C24H27N5O3S2/c1-5-19-26-23-21(15-8-6-13(2)10-18(15)34-23)22-27-28-24(29(19)22)33-12-20(30)25-16-9-7-14(31-3)11-17(16)32-4/h7,9,11,13H,5-6,8,10,12H2,1-4H3,(H,25,30). The van der Waals surface area contributed by atoms with Crippen LogP contribution in [0.3, 0.4) is 0 Å². The highest BCUT2D eigenvalue weighted by atomic mass is 32.2. The molecule has 1 aliphatic carbocycles. The Bertz CT molecular complexity index is 1380. The number of amides is 1. The summed E-state index contributed by atoms with van der Waals surface area (Å²) in [5, 5.41) is 13.7. The summed E-state index contributed by atoms with van der Waals surface area (Å²) in [7, 11) is 3.15. The van der Waals surface area contributed by atoms with Gasteiger partial charge < -0.3 is 14.8 Å². The van der Waals surface area contributed by atoms with Crippen LogP contribution in [0.2, 0.25) is 0 Å². The summed E-state index contributed by atoms with van der Waals surface area (Å²) < 4.78 is 12.6. The molecule has 0 radical (unpaired) electrons. The lowest BCUT2D eigenvalue weighted by Crippen LogP contribution is -2.15. The molecule has 1 unspecified atom stereocenters. The Morgan fingerprint density at radius 2 is 2.15 bits per heavy atom. The fraction of sp³-hybridized carbons (Fsp3) is 0.417. The minimum Gasteiger partial charge on any atom is -0.497 e. The summed E-state index contributed by atoms with van der Waals surface area (Å²) in [6.45, 7) is 4.40. The number of ether oxygens (including phenoxy) is 2. The Hall–Kier alpha value is -2.85. The number of hydrogen-bond donors (Lipinski definition) is 1. The fourth-order valence-electron chi connectivity index (χ4n) is 4.43. The zero-order chi connectivity index (χ0) is 23.8. The summed E-state index contributed by atoms with van der Waals surface area (Å²) >= 11 is 3.16. The number of nitrogens with one attached hydrogen (secondary N) is 1. The van der Waals surface area contributed by atoms with Crippen LogP contribution in [-0.4, -0.2) is 45.5 Å². The molecule has 3 aromatic heterocycles. The second kappa shape index (κ2) is 9.42. The van der Waals surface area contributed by atoms with Crippen LogP contribution in [-0.2, 0) is 24.1 Å². The first-order valence-corrected chi connectivity index (χ1v) is 13.2. The maximum absolute atomic E-state index is 12.7. The first kappa shape index (κ1) is 22.9. The van der Waals surface area contributed by atoms with E-state index in [1.54, 1.807) is 43.8 Å². The SMILES string of the molecule is CCc1nc2sc3c(c2c2nnc(SCC(=O)Nc4ccc(OC)cc4OC)n12)CCC(C)C3. The number of thioether (sulfide) groups is 1. The van der Waals surface area contributed by atoms with Crippen LogP contribution in [0.4, 0.5) is 5.69 Å². The van der Waals surface area contributed by atoms with Crippen LogP contribution in [0.5, 0.6) is 11.5 Å². The second-order valence-corrected chi connectivity index (χ2v) is 10.5. The normalized spacial score (nSPS) is 15.5. The minimum atomic E-state index is -0.154. The summed E-state index contributed by atoms with van der Waals surface area (Å²) in [4.78, 5) is 20.2. The minimum absolute atomic E-state index is 0.154. The number of carbonyl (C=O) groups excluding carboxylic acids is 1. The molecule has 1 atom stereocenters. The Balaban J connectivity index is 1.41. The quantitative estimate of drug-likeness (QED) is 0.368. The Morgan fingerprint density at radius 3 is 2.91 bits per heavy atom. The third-order valence-electron chi connectivity index (χ3n) is 6.17. The molecule has 10 heteroatoms. The maximum atomic E-state index is 12.7. The third kappa shape index (κ3) is 4.09. The molecular weight excluding hydrogens is 470 g/mol. The van der Waals surface area contributed by atoms with Gasteiger partial charge >= 0.3 is 0 Å². The van der Waals surface area contributed by atoms with Crippen molar-refractivity contribution < 1.29 is 14.3 Å². The van der Waals surface area contributed by atoms with Gasteiger partial charge in [0.25, 0.3) is 0 Å². The van der Waals surface area contributed by atoms with Crippen LogP contribution in [0.25, 0.3) is 15.9 Å². The number of fused-ring (bicyclic) bond motifs is 5. The lowest BCUT2D eigenvalue weighted by atomic mass is 9.89. The highest BCUT2D eigenvalue weighted by molar-refractivity contribution is 7.99. The van der Waals surface area contributed by atoms with E-state index in [0.717, 1.165) is 41.0 Å². The van der Waals surface area contributed by atoms with E-state index in [0.29, 0.717) is 28.3 Å². The molecule has 3 heterocycles. The van der Waals surface area contributed by atoms with Crippen LogP contribution in [0, 0.1) is 5.92 Å². The Morgan fingerprint density at radius 1 is 1.29 bits per heavy atom. The second-order valence-electron chi connectivity index (χ2n) is 8.46. The number of thiophene rings is 1. The van der Waals surface area contributed by atoms with Gasteiger partial charge in [-0.1, -0.05) is 25.6 Å². The molecule has 0 spiro atoms. The molecule has 1 aliphatic rings. The first-order valence-electron chi connectivity index (χ1n) is 11.3. The predicted molar refractivity (Wildman–Crippen MR) is 136 cm³/mol. The molecule has 1 aromatic carbocycles. The summed E-state index contributed by atoms with van der Waals surface area (Å²) in [5.74, 6) is 2.86. The van der Waals surface area contributed by atoms with Crippen molar-refractivity contribution in [1.29, 1.82) is 0 Å². The van der Waals surface area contributed by atoms with Gasteiger partial charge in [-0.25, -0.2) is 4.98 Å². The van der Waals surface area contributed by atoms with E-state index in [1.807, 2.05) is 4.40 Å². The summed E-state index contributed by atoms with van der Waals surface area (Å²) in [6, 6.07) is 5.29. The predicted octanol–water partition coefficient (Wildman–Crippen LogP) is 4.77. The molecule has 0 fully saturated rings. The molecule has 34 heavy (non-hydrogen) atoms. The largest absolute Gasteiger partial charge is 0.497 e. The van der Waals surface area contributed by atoms with Crippen molar-refractivity contribution >= 4 is 50.6 Å². The topological polar surface area (TPSA) is 90.6 Å². The van der Waals surface area contributed by atoms with Crippen molar-refractivity contribution in [3.8, 4) is 11.5 Å². The summed E-state index contributed by atoms with van der Waals surface area (Å²) in [6.07, 6.45) is 4.10. The summed E-state index contributed by atoms with van der Waals surface area (Å²) in [5.41, 5.74) is 2.83. The average molecular weight is 498 g/mol. The van der Waals surface area contributed by atoms with E-state index in [9.17, 15) is 4.79 Å². The number of carbonyl (C=O) groups is 1. The Labute approximate surface area is 206 Å². The average Bonchev–Trinajstić information content (AvgIpc) is 3.42. The zero-order valence-electron chi connectivity index (χ0n) is 19.7. The van der Waals surface area contributed by atoms with Crippen molar-refractivity contribution in [1.82, 2.24) is 19.6 Å². The molecule has 0 saturated heterocycles. The number of aromatic nitrogens is 4. The van der Waals surface area contributed by atoms with Gasteiger partial charge in [0, 0.05) is 17.4 Å². The molecule has 0 bridgehead atoms. The highest BCUT2D eigenvalue weighted by Gasteiger charge is 2.25. The van der Waals surface area contributed by atoms with Crippen LogP contribution in [0.15, 0.2) is 23.4 Å². The van der Waals surface area contributed by atoms with Crippen molar-refractivity contribution in [2.24, 2.45) is 5.92 Å². The van der Waals surface area contributed by atoms with E-state index < -0.39 is 0 Å². The number of methoxy groups -OCH3 is 2. The number of nitrogens with zero attached hydrogens (tertiary/aromatic N) is 4. The van der Waals surface area contributed by atoms with Gasteiger partial charge in [-0.2, -0.15) is 0 Å². The molecule has 0 saturated carbocycles. The van der Waals surface area contributed by atoms with Gasteiger partial charge in [0.05, 0.1) is 31.0 Å². The smallest absolute Gasteiger partial charge is 0.234 e. The molecule has 5 rings (SSSR count). The Kier molecular flexibility index (Phi) is 6.35. The molecule has 8 nitrogen and oxygen atoms in total. The van der Waals surface area contributed by atoms with Gasteiger partial charge in [0.2, 0.25) is 5.91 Å². The van der Waals surface area contributed by atoms with Gasteiger partial charge in [0.1, 0.15) is 22.2 Å². The van der Waals surface area contributed by atoms with Crippen LogP contribution >= 0.6 is 23.1 Å². The maximum Gasteiger partial charge on any atom is 0.234 e. The van der Waals surface area contributed by atoms with E-state index in [2.05, 4.69) is 29.4 Å². The van der Waals surface area contributed by atoms with E-state index in [4.69, 9.17) is 14.5 Å². The van der Waals surface area contributed by atoms with Crippen molar-refractivity contribution in [3.05, 3.63) is 34.5 Å². The van der Waals surface area contributed by atoms with E-state index >= 15 is 0 Å². The van der Waals surface area contributed by atoms with Gasteiger partial charge in [-0.3, -0.25) is 9.20 Å². The van der Waals surface area contributed by atoms with E-state index in [1.165, 1.54) is 28.6 Å². The first-order chi connectivity index (χ1) is 16.5. The lowest BCUT2D eigenvalue weighted by molar-refractivity contribution is -0.113. The van der Waals surface area contributed by atoms with Gasteiger partial charge in [-0.15, -0.1) is 21.5 Å². The zero-order valence-corrected chi connectivity index (χ0v) is 21.3. The van der Waals surface area contributed by atoms with Crippen LogP contribution in [0.1, 0.15) is 36.5 Å². The molecular formula is C24H27N5O3S2. The van der Waals surface area contributed by atoms with Crippen LogP contribution < -0.4 is 14.8 Å². The number of benzene rings is 1. The van der Waals surface area contributed by atoms with Gasteiger partial charge in [0.15, 0.2) is 10.8 Å². The van der Waals surface area contributed by atoms with Crippen molar-refractivity contribution in [2.75, 3.05) is 25.3 Å². The van der Waals surface area contributed by atoms with Gasteiger partial charge in [-0.05, 0) is 42.9 Å². The third-order valence-corrected chi connectivity index (χ3v) is 8.25. The number of aryl methyl sites for hydroxylation is 2. The lowest BCUT2D eigenvalue weighted by Gasteiger charge is -2.17. The van der Waals surface area contributed by atoms with Crippen molar-refractivity contribution in [3.63, 3.8) is 0 Å².